The van der Waals surface area contributed by atoms with Crippen LogP contribution in [-0.2, 0) is 6.42 Å². The summed E-state index contributed by atoms with van der Waals surface area (Å²) in [6, 6.07) is 0. The van der Waals surface area contributed by atoms with Crippen LogP contribution in [0.1, 0.15) is 19.5 Å². The molecule has 0 atom stereocenters. The first-order valence-corrected chi connectivity index (χ1v) is 4.24. The van der Waals surface area contributed by atoms with Crippen LogP contribution in [-0.4, -0.2) is 9.97 Å². The van der Waals surface area contributed by atoms with E-state index in [1.165, 1.54) is 0 Å². The van der Waals surface area contributed by atoms with Crippen molar-refractivity contribution in [3.63, 3.8) is 0 Å². The minimum absolute atomic E-state index is 0.264. The third-order valence-corrected chi connectivity index (χ3v) is 1.65. The zero-order chi connectivity index (χ0) is 9.14. The highest BCUT2D eigenvalue weighted by Gasteiger charge is 2.04. The molecule has 12 heavy (non-hydrogen) atoms. The second-order valence-electron chi connectivity index (χ2n) is 3.14. The normalized spacial score (nSPS) is 10.7. The maximum atomic E-state index is 5.65. The molecule has 0 aliphatic rings. The van der Waals surface area contributed by atoms with Gasteiger partial charge in [-0.2, -0.15) is 0 Å². The van der Waals surface area contributed by atoms with Crippen LogP contribution < -0.4 is 5.73 Å². The number of nitrogens with two attached hydrogens (primary N) is 1. The fourth-order valence-corrected chi connectivity index (χ4v) is 1.10. The zero-order valence-electron chi connectivity index (χ0n) is 7.21. The van der Waals surface area contributed by atoms with E-state index >= 15 is 0 Å². The van der Waals surface area contributed by atoms with Gasteiger partial charge in [0.2, 0.25) is 5.28 Å². The number of nitrogens with zero attached hydrogens (tertiary/aromatic N) is 2. The number of halogens is 1. The quantitative estimate of drug-likeness (QED) is 0.717. The summed E-state index contributed by atoms with van der Waals surface area (Å²) in [7, 11) is 0. The van der Waals surface area contributed by atoms with E-state index in [9.17, 15) is 0 Å². The maximum absolute atomic E-state index is 5.65. The Morgan fingerprint density at radius 1 is 1.58 bits per heavy atom. The number of anilines is 1. The first kappa shape index (κ1) is 9.26. The lowest BCUT2D eigenvalue weighted by Crippen LogP contribution is -2.03. The van der Waals surface area contributed by atoms with Crippen molar-refractivity contribution in [1.29, 1.82) is 0 Å². The minimum Gasteiger partial charge on any atom is -0.396 e. The molecule has 0 amide bonds. The van der Waals surface area contributed by atoms with Gasteiger partial charge in [0.25, 0.3) is 0 Å². The van der Waals surface area contributed by atoms with Crippen molar-refractivity contribution >= 4 is 17.3 Å². The lowest BCUT2D eigenvalue weighted by Gasteiger charge is -2.06. The molecule has 0 saturated heterocycles. The van der Waals surface area contributed by atoms with Gasteiger partial charge in [-0.25, -0.2) is 9.97 Å². The molecule has 0 aliphatic heterocycles. The van der Waals surface area contributed by atoms with E-state index < -0.39 is 0 Å². The zero-order valence-corrected chi connectivity index (χ0v) is 7.97. The van der Waals surface area contributed by atoms with Crippen LogP contribution in [0.15, 0.2) is 6.20 Å². The van der Waals surface area contributed by atoms with Gasteiger partial charge in [-0.3, -0.25) is 0 Å². The molecule has 0 bridgehead atoms. The van der Waals surface area contributed by atoms with Crippen molar-refractivity contribution in [2.45, 2.75) is 20.3 Å². The highest BCUT2D eigenvalue weighted by Crippen LogP contribution is 2.14. The third-order valence-electron chi connectivity index (χ3n) is 1.47. The van der Waals surface area contributed by atoms with Crippen LogP contribution in [0.5, 0.6) is 0 Å². The van der Waals surface area contributed by atoms with Crippen molar-refractivity contribution in [2.24, 2.45) is 5.92 Å². The average Bonchev–Trinajstić information content (AvgIpc) is 1.96. The van der Waals surface area contributed by atoms with Crippen molar-refractivity contribution in [3.8, 4) is 0 Å². The second-order valence-corrected chi connectivity index (χ2v) is 3.48. The summed E-state index contributed by atoms with van der Waals surface area (Å²) < 4.78 is 0. The predicted molar refractivity (Wildman–Crippen MR) is 50.0 cm³/mol. The third kappa shape index (κ3) is 2.34. The van der Waals surface area contributed by atoms with Gasteiger partial charge in [0.1, 0.15) is 0 Å². The molecular weight excluding hydrogens is 174 g/mol. The molecule has 2 N–H and O–H groups in total. The summed E-state index contributed by atoms with van der Waals surface area (Å²) in [5.74, 6) is 0.526. The summed E-state index contributed by atoms with van der Waals surface area (Å²) >= 11 is 5.62. The molecule has 0 fully saturated rings. The standard InChI is InChI=1S/C8H12ClN3/c1-5(2)3-7-6(10)4-11-8(9)12-7/h4-5H,3,10H2,1-2H3. The molecule has 1 heterocycles. The molecule has 0 aromatic carbocycles. The topological polar surface area (TPSA) is 51.8 Å². The van der Waals surface area contributed by atoms with Crippen LogP contribution in [0.2, 0.25) is 5.28 Å². The molecule has 0 spiro atoms. The van der Waals surface area contributed by atoms with Crippen LogP contribution in [0.4, 0.5) is 5.69 Å². The van der Waals surface area contributed by atoms with Gasteiger partial charge in [-0.05, 0) is 23.9 Å². The lowest BCUT2D eigenvalue weighted by atomic mass is 10.1. The second kappa shape index (κ2) is 3.72. The van der Waals surface area contributed by atoms with E-state index in [4.69, 9.17) is 17.3 Å². The smallest absolute Gasteiger partial charge is 0.222 e. The van der Waals surface area contributed by atoms with E-state index in [1.54, 1.807) is 6.20 Å². The van der Waals surface area contributed by atoms with Crippen LogP contribution in [0, 0.1) is 5.92 Å². The summed E-state index contributed by atoms with van der Waals surface area (Å²) in [5.41, 5.74) is 7.11. The lowest BCUT2D eigenvalue weighted by molar-refractivity contribution is 0.635. The number of nitrogen functional groups attached to an aromatic ring is 1. The summed E-state index contributed by atoms with van der Waals surface area (Å²) in [6.07, 6.45) is 2.39. The van der Waals surface area contributed by atoms with E-state index in [-0.39, 0.29) is 5.28 Å². The largest absolute Gasteiger partial charge is 0.396 e. The van der Waals surface area contributed by atoms with Crippen LogP contribution >= 0.6 is 11.6 Å². The molecule has 3 nitrogen and oxygen atoms in total. The van der Waals surface area contributed by atoms with Crippen molar-refractivity contribution in [2.75, 3.05) is 5.73 Å². The average molecular weight is 186 g/mol. The van der Waals surface area contributed by atoms with Gasteiger partial charge in [0.05, 0.1) is 17.6 Å². The first-order chi connectivity index (χ1) is 5.59. The Hall–Kier alpha value is -0.830. The maximum Gasteiger partial charge on any atom is 0.222 e. The molecule has 4 heteroatoms. The van der Waals surface area contributed by atoms with Gasteiger partial charge < -0.3 is 5.73 Å². The van der Waals surface area contributed by atoms with Crippen molar-refractivity contribution in [1.82, 2.24) is 9.97 Å². The Labute approximate surface area is 77.0 Å². The Balaban J connectivity index is 2.90. The summed E-state index contributed by atoms with van der Waals surface area (Å²) in [5, 5.41) is 0.264. The highest BCUT2D eigenvalue weighted by molar-refractivity contribution is 6.28. The van der Waals surface area contributed by atoms with Gasteiger partial charge in [-0.15, -0.1) is 0 Å². The van der Waals surface area contributed by atoms with Crippen LogP contribution in [0.3, 0.4) is 0 Å². The fourth-order valence-electron chi connectivity index (χ4n) is 0.952. The highest BCUT2D eigenvalue weighted by atomic mass is 35.5. The van der Waals surface area contributed by atoms with E-state index in [2.05, 4.69) is 23.8 Å². The minimum atomic E-state index is 0.264. The van der Waals surface area contributed by atoms with Crippen LogP contribution in [0.25, 0.3) is 0 Å². The number of aromatic nitrogens is 2. The molecule has 1 aromatic rings. The fraction of sp³-hybridized carbons (Fsp3) is 0.500. The van der Waals surface area contributed by atoms with Gasteiger partial charge in [-0.1, -0.05) is 13.8 Å². The van der Waals surface area contributed by atoms with Gasteiger partial charge in [0.15, 0.2) is 0 Å². The molecule has 1 aromatic heterocycles. The van der Waals surface area contributed by atoms with Crippen molar-refractivity contribution in [3.05, 3.63) is 17.2 Å². The number of hydrogen-bond acceptors (Lipinski definition) is 3. The monoisotopic (exact) mass is 185 g/mol. The molecule has 0 radical (unpaired) electrons. The number of rotatable bonds is 2. The predicted octanol–water partition coefficient (Wildman–Crippen LogP) is 1.91. The van der Waals surface area contributed by atoms with E-state index in [1.807, 2.05) is 0 Å². The first-order valence-electron chi connectivity index (χ1n) is 3.86. The molecule has 0 saturated carbocycles. The summed E-state index contributed by atoms with van der Waals surface area (Å²) in [4.78, 5) is 7.82. The Morgan fingerprint density at radius 2 is 2.25 bits per heavy atom. The molecule has 0 aliphatic carbocycles. The molecule has 0 unspecified atom stereocenters. The Bertz CT molecular complexity index is 273. The van der Waals surface area contributed by atoms with E-state index in [0.29, 0.717) is 11.6 Å². The SMILES string of the molecule is CC(C)Cc1nc(Cl)ncc1N. The van der Waals surface area contributed by atoms with E-state index in [0.717, 1.165) is 12.1 Å². The van der Waals surface area contributed by atoms with Gasteiger partial charge in [0, 0.05) is 0 Å². The molecule has 1 rings (SSSR count). The Kier molecular flexibility index (Phi) is 2.87. The molecular formula is C8H12ClN3. The Morgan fingerprint density at radius 3 is 2.83 bits per heavy atom. The number of hydrogen-bond donors (Lipinski definition) is 1. The molecule has 66 valence electrons. The summed E-state index contributed by atoms with van der Waals surface area (Å²) in [6.45, 7) is 4.21. The van der Waals surface area contributed by atoms with Crippen molar-refractivity contribution < 1.29 is 0 Å². The van der Waals surface area contributed by atoms with Gasteiger partial charge >= 0.3 is 0 Å².